The Labute approximate surface area is 198 Å². The fraction of sp³-hybridized carbons (Fsp3) is 0. The Balaban J connectivity index is 1.92. The molecule has 0 fully saturated rings. The largest absolute Gasteiger partial charge is 0.251 e. The second kappa shape index (κ2) is 9.54. The summed E-state index contributed by atoms with van der Waals surface area (Å²) in [5.74, 6) is 0. The van der Waals surface area contributed by atoms with Crippen molar-refractivity contribution in [2.45, 2.75) is 0 Å². The van der Waals surface area contributed by atoms with E-state index in [0.29, 0.717) is 10.8 Å². The topological polar surface area (TPSA) is 38.1 Å². The van der Waals surface area contributed by atoms with Crippen LogP contribution >= 0.6 is 18.7 Å². The number of halogens is 1. The molecule has 1 aromatic heterocycles. The Morgan fingerprint density at radius 3 is 1.42 bits per heavy atom. The predicted molar refractivity (Wildman–Crippen MR) is 140 cm³/mol. The van der Waals surface area contributed by atoms with Gasteiger partial charge < -0.3 is 0 Å². The molecule has 0 atom stereocenters. The summed E-state index contributed by atoms with van der Waals surface area (Å²) in [7, 11) is -2.44. The van der Waals surface area contributed by atoms with Crippen molar-refractivity contribution >= 4 is 40.3 Å². The maximum Gasteiger partial charge on any atom is 0.153 e. The molecule has 33 heavy (non-hydrogen) atoms. The van der Waals surface area contributed by atoms with Crippen LogP contribution in [0.25, 0.3) is 11.3 Å². The Morgan fingerprint density at radius 2 is 0.970 bits per heavy atom. The van der Waals surface area contributed by atoms with Crippen LogP contribution in [0.1, 0.15) is 0 Å². The molecule has 0 unspecified atom stereocenters. The Kier molecular flexibility index (Phi) is 6.17. The van der Waals surface area contributed by atoms with Gasteiger partial charge in [-0.1, -0.05) is 133 Å². The molecular formula is C28H21ClN3P. The van der Waals surface area contributed by atoms with E-state index in [4.69, 9.17) is 16.3 Å². The molecule has 0 amide bonds. The quantitative estimate of drug-likeness (QED) is 0.274. The van der Waals surface area contributed by atoms with E-state index in [9.17, 15) is 0 Å². The lowest BCUT2D eigenvalue weighted by atomic mass is 10.1. The van der Waals surface area contributed by atoms with Gasteiger partial charge in [0, 0.05) is 27.5 Å². The molecule has 4 aromatic carbocycles. The zero-order chi connectivity index (χ0) is 22.5. The molecule has 5 rings (SSSR count). The lowest BCUT2D eigenvalue weighted by Crippen LogP contribution is -2.25. The number of aromatic nitrogens is 2. The van der Waals surface area contributed by atoms with Crippen molar-refractivity contribution in [3.63, 3.8) is 0 Å². The van der Waals surface area contributed by atoms with Gasteiger partial charge in [0.25, 0.3) is 0 Å². The van der Waals surface area contributed by atoms with Crippen LogP contribution < -0.4 is 15.9 Å². The van der Waals surface area contributed by atoms with Gasteiger partial charge in [-0.15, -0.1) is 10.2 Å². The lowest BCUT2D eigenvalue weighted by Gasteiger charge is -2.27. The molecule has 0 N–H and O–H groups in total. The summed E-state index contributed by atoms with van der Waals surface area (Å²) in [4.78, 5) is 0. The first-order chi connectivity index (χ1) is 16.3. The first-order valence-electron chi connectivity index (χ1n) is 10.7. The van der Waals surface area contributed by atoms with Gasteiger partial charge in [0.15, 0.2) is 5.15 Å². The minimum Gasteiger partial charge on any atom is -0.251 e. The second-order valence-electron chi connectivity index (χ2n) is 7.51. The maximum absolute atomic E-state index is 6.35. The van der Waals surface area contributed by atoms with Crippen LogP contribution in [-0.2, 0) is 0 Å². The van der Waals surface area contributed by atoms with Crippen LogP contribution in [0.2, 0.25) is 5.15 Å². The summed E-state index contributed by atoms with van der Waals surface area (Å²) >= 11 is 6.35. The number of benzene rings is 4. The molecule has 0 aliphatic rings. The van der Waals surface area contributed by atoms with E-state index >= 15 is 0 Å². The monoisotopic (exact) mass is 465 g/mol. The van der Waals surface area contributed by atoms with Crippen LogP contribution in [0.5, 0.6) is 0 Å². The van der Waals surface area contributed by atoms with Crippen molar-refractivity contribution in [3.05, 3.63) is 133 Å². The summed E-state index contributed by atoms with van der Waals surface area (Å²) in [6, 6.07) is 43.3. The molecule has 0 radical (unpaired) electrons. The average Bonchev–Trinajstić information content (AvgIpc) is 2.89. The first-order valence-corrected chi connectivity index (χ1v) is 12.8. The van der Waals surface area contributed by atoms with Crippen LogP contribution in [0.4, 0.5) is 5.69 Å². The highest BCUT2D eigenvalue weighted by atomic mass is 35.5. The van der Waals surface area contributed by atoms with Crippen molar-refractivity contribution in [3.8, 4) is 11.3 Å². The minimum absolute atomic E-state index is 0.320. The summed E-state index contributed by atoms with van der Waals surface area (Å²) < 4.78 is 5.56. The summed E-state index contributed by atoms with van der Waals surface area (Å²) in [6.45, 7) is 0. The van der Waals surface area contributed by atoms with Gasteiger partial charge in [-0.2, -0.15) is 0 Å². The van der Waals surface area contributed by atoms with E-state index in [2.05, 4.69) is 83.0 Å². The fourth-order valence-corrected chi connectivity index (χ4v) is 7.62. The highest BCUT2D eigenvalue weighted by molar-refractivity contribution is 7.87. The summed E-state index contributed by atoms with van der Waals surface area (Å²) in [6.07, 6.45) is 0. The van der Waals surface area contributed by atoms with Crippen molar-refractivity contribution in [2.24, 2.45) is 4.74 Å². The maximum atomic E-state index is 6.35. The molecule has 3 nitrogen and oxygen atoms in total. The lowest BCUT2D eigenvalue weighted by molar-refractivity contribution is 1.04. The summed E-state index contributed by atoms with van der Waals surface area (Å²) in [5.41, 5.74) is 2.39. The second-order valence-corrected chi connectivity index (χ2v) is 10.9. The van der Waals surface area contributed by atoms with E-state index in [1.54, 1.807) is 0 Å². The molecule has 160 valence electrons. The minimum atomic E-state index is -2.44. The van der Waals surface area contributed by atoms with Crippen LogP contribution in [0, 0.1) is 0 Å². The van der Waals surface area contributed by atoms with E-state index in [0.717, 1.165) is 27.2 Å². The Bertz CT molecular complexity index is 1300. The zero-order valence-corrected chi connectivity index (χ0v) is 19.4. The van der Waals surface area contributed by atoms with Crippen molar-refractivity contribution in [1.29, 1.82) is 0 Å². The average molecular weight is 466 g/mol. The molecule has 0 spiro atoms. The SMILES string of the molecule is Clc1cc(N=P(c2ccccc2)(c2ccccc2)c2ccccc2)c(-c2ccccc2)nn1. The van der Waals surface area contributed by atoms with E-state index in [-0.39, 0.29) is 0 Å². The molecule has 5 heteroatoms. The number of rotatable bonds is 5. The van der Waals surface area contributed by atoms with Gasteiger partial charge in [-0.3, -0.25) is 4.74 Å². The van der Waals surface area contributed by atoms with Crippen LogP contribution in [-0.4, -0.2) is 10.2 Å². The first kappa shape index (κ1) is 21.3. The van der Waals surface area contributed by atoms with Crippen LogP contribution in [0.15, 0.2) is 132 Å². The molecule has 0 saturated heterocycles. The van der Waals surface area contributed by atoms with Gasteiger partial charge in [0.2, 0.25) is 0 Å². The van der Waals surface area contributed by atoms with Gasteiger partial charge in [-0.05, 0) is 0 Å². The zero-order valence-electron chi connectivity index (χ0n) is 17.8. The number of nitrogens with zero attached hydrogens (tertiary/aromatic N) is 3. The van der Waals surface area contributed by atoms with Gasteiger partial charge >= 0.3 is 0 Å². The normalized spacial score (nSPS) is 11.2. The molecule has 1 heterocycles. The van der Waals surface area contributed by atoms with Crippen molar-refractivity contribution in [1.82, 2.24) is 10.2 Å². The highest BCUT2D eigenvalue weighted by Gasteiger charge is 2.28. The molecule has 0 aliphatic carbocycles. The van der Waals surface area contributed by atoms with Gasteiger partial charge in [0.05, 0.1) is 12.7 Å². The summed E-state index contributed by atoms with van der Waals surface area (Å²) in [5, 5.41) is 12.4. The van der Waals surface area contributed by atoms with Gasteiger partial charge in [-0.25, -0.2) is 0 Å². The van der Waals surface area contributed by atoms with E-state index in [1.165, 1.54) is 0 Å². The third-order valence-corrected chi connectivity index (χ3v) is 9.28. The molecule has 5 aromatic rings. The fourth-order valence-electron chi connectivity index (χ4n) is 3.95. The Morgan fingerprint density at radius 1 is 0.545 bits per heavy atom. The predicted octanol–water partition coefficient (Wildman–Crippen LogP) is 6.61. The van der Waals surface area contributed by atoms with Crippen molar-refractivity contribution < 1.29 is 0 Å². The van der Waals surface area contributed by atoms with Gasteiger partial charge in [0.1, 0.15) is 5.69 Å². The van der Waals surface area contributed by atoms with E-state index < -0.39 is 7.05 Å². The molecular weight excluding hydrogens is 445 g/mol. The third-order valence-electron chi connectivity index (χ3n) is 5.44. The molecule has 0 aliphatic heterocycles. The Hall–Kier alpha value is -3.52. The molecule has 0 saturated carbocycles. The smallest absolute Gasteiger partial charge is 0.153 e. The number of hydrogen-bond acceptors (Lipinski definition) is 3. The van der Waals surface area contributed by atoms with Crippen LogP contribution in [0.3, 0.4) is 0 Å². The highest BCUT2D eigenvalue weighted by Crippen LogP contribution is 2.50. The third kappa shape index (κ3) is 4.26. The molecule has 0 bridgehead atoms. The van der Waals surface area contributed by atoms with Crippen molar-refractivity contribution in [2.75, 3.05) is 0 Å². The van der Waals surface area contributed by atoms with E-state index in [1.807, 2.05) is 54.6 Å². The standard InChI is InChI=1S/C28H21ClN3P/c29-27-21-26(28(31-30-27)22-13-5-1-6-14-22)32-33(23-15-7-2-8-16-23,24-17-9-3-10-18-24)25-19-11-4-12-20-25/h1-21H. The number of hydrogen-bond donors (Lipinski definition) is 0.